The average molecular weight is 248 g/mol. The molecular weight excluding hydrogens is 228 g/mol. The number of hydrogen-bond donors (Lipinski definition) is 5. The first-order chi connectivity index (χ1) is 7.68. The molecule has 0 aliphatic carbocycles. The summed E-state index contributed by atoms with van der Waals surface area (Å²) in [7, 11) is 1.68. The maximum atomic E-state index is 10.3. The fraction of sp³-hybridized carbons (Fsp3) is 0.667. The minimum absolute atomic E-state index is 0.0242. The minimum atomic E-state index is -0.995. The van der Waals surface area contributed by atoms with Gasteiger partial charge in [0.2, 0.25) is 0 Å². The van der Waals surface area contributed by atoms with Crippen LogP contribution in [0.4, 0.5) is 0 Å². The van der Waals surface area contributed by atoms with E-state index in [4.69, 9.17) is 31.9 Å². The molecule has 0 rings (SSSR count). The molecule has 0 aliphatic rings. The Kier molecular flexibility index (Phi) is 9.71. The van der Waals surface area contributed by atoms with Gasteiger partial charge < -0.3 is 26.6 Å². The summed E-state index contributed by atoms with van der Waals surface area (Å²) in [5.41, 5.74) is 10.5. The van der Waals surface area contributed by atoms with E-state index in [1.165, 1.54) is 4.90 Å². The number of guanidine groups is 1. The summed E-state index contributed by atoms with van der Waals surface area (Å²) in [6, 6.07) is -0.819. The van der Waals surface area contributed by atoms with Gasteiger partial charge in [0.25, 0.3) is 5.97 Å². The Hall–Kier alpha value is -1.83. The van der Waals surface area contributed by atoms with Crippen LogP contribution in [0.3, 0.4) is 0 Å². The number of aliphatic carboxylic acids is 2. The molecule has 17 heavy (non-hydrogen) atoms. The molecule has 0 spiro atoms. The van der Waals surface area contributed by atoms with Gasteiger partial charge in [-0.2, -0.15) is 0 Å². The van der Waals surface area contributed by atoms with Crippen LogP contribution in [-0.4, -0.2) is 52.6 Å². The van der Waals surface area contributed by atoms with Crippen LogP contribution >= 0.6 is 0 Å². The van der Waals surface area contributed by atoms with Crippen LogP contribution in [0, 0.1) is 5.41 Å². The SMILES string of the molecule is CC(=O)O.CN(CCCC(N)C(=O)O)C(=N)N. The molecule has 7 N–H and O–H groups in total. The maximum Gasteiger partial charge on any atom is 0.320 e. The van der Waals surface area contributed by atoms with Crippen molar-refractivity contribution in [3.05, 3.63) is 0 Å². The lowest BCUT2D eigenvalue weighted by molar-refractivity contribution is -0.138. The van der Waals surface area contributed by atoms with Crippen molar-refractivity contribution >= 4 is 17.9 Å². The average Bonchev–Trinajstić information content (AvgIpc) is 2.15. The largest absolute Gasteiger partial charge is 0.481 e. The molecule has 8 heteroatoms. The molecule has 0 amide bonds. The van der Waals surface area contributed by atoms with E-state index < -0.39 is 18.0 Å². The van der Waals surface area contributed by atoms with Crippen LogP contribution in [0.5, 0.6) is 0 Å². The third-order valence-corrected chi connectivity index (χ3v) is 1.74. The lowest BCUT2D eigenvalue weighted by atomic mass is 10.1. The van der Waals surface area contributed by atoms with Crippen LogP contribution in [0.1, 0.15) is 19.8 Å². The van der Waals surface area contributed by atoms with E-state index in [1.807, 2.05) is 0 Å². The third-order valence-electron chi connectivity index (χ3n) is 1.74. The number of carboxylic acids is 2. The molecule has 0 saturated heterocycles. The van der Waals surface area contributed by atoms with Crippen molar-refractivity contribution in [3.63, 3.8) is 0 Å². The van der Waals surface area contributed by atoms with Crippen molar-refractivity contribution in [2.75, 3.05) is 13.6 Å². The van der Waals surface area contributed by atoms with Crippen LogP contribution in [0.15, 0.2) is 0 Å². The van der Waals surface area contributed by atoms with Gasteiger partial charge >= 0.3 is 5.97 Å². The van der Waals surface area contributed by atoms with Crippen molar-refractivity contribution in [2.45, 2.75) is 25.8 Å². The number of nitrogens with zero attached hydrogens (tertiary/aromatic N) is 1. The Morgan fingerprint density at radius 1 is 1.41 bits per heavy atom. The van der Waals surface area contributed by atoms with Gasteiger partial charge in [0.1, 0.15) is 6.04 Å². The van der Waals surface area contributed by atoms with E-state index in [9.17, 15) is 4.79 Å². The number of nitrogens with two attached hydrogens (primary N) is 2. The Bertz CT molecular complexity index is 246. The molecule has 0 fully saturated rings. The van der Waals surface area contributed by atoms with Crippen LogP contribution in [0.2, 0.25) is 0 Å². The van der Waals surface area contributed by atoms with Gasteiger partial charge in [-0.25, -0.2) is 0 Å². The highest BCUT2D eigenvalue weighted by Gasteiger charge is 2.10. The highest BCUT2D eigenvalue weighted by molar-refractivity contribution is 5.74. The summed E-state index contributed by atoms with van der Waals surface area (Å²) in [6.45, 7) is 1.64. The summed E-state index contributed by atoms with van der Waals surface area (Å²) in [4.78, 5) is 20.8. The monoisotopic (exact) mass is 248 g/mol. The highest BCUT2D eigenvalue weighted by Crippen LogP contribution is 1.96. The fourth-order valence-corrected chi connectivity index (χ4v) is 0.792. The summed E-state index contributed by atoms with van der Waals surface area (Å²) < 4.78 is 0. The van der Waals surface area contributed by atoms with Gasteiger partial charge in [-0.3, -0.25) is 15.0 Å². The molecule has 0 heterocycles. The van der Waals surface area contributed by atoms with Gasteiger partial charge in [-0.05, 0) is 12.8 Å². The molecule has 0 saturated carbocycles. The Morgan fingerprint density at radius 2 is 1.82 bits per heavy atom. The highest BCUT2D eigenvalue weighted by atomic mass is 16.4. The lowest BCUT2D eigenvalue weighted by Crippen LogP contribution is -2.35. The van der Waals surface area contributed by atoms with E-state index in [0.29, 0.717) is 19.4 Å². The lowest BCUT2D eigenvalue weighted by Gasteiger charge is -2.16. The Morgan fingerprint density at radius 3 is 2.12 bits per heavy atom. The van der Waals surface area contributed by atoms with Gasteiger partial charge in [-0.15, -0.1) is 0 Å². The van der Waals surface area contributed by atoms with Gasteiger partial charge in [0.05, 0.1) is 0 Å². The third kappa shape index (κ3) is 14.2. The first-order valence-electron chi connectivity index (χ1n) is 4.91. The second kappa shape index (κ2) is 9.40. The molecule has 0 radical (unpaired) electrons. The zero-order valence-corrected chi connectivity index (χ0v) is 10.0. The van der Waals surface area contributed by atoms with Gasteiger partial charge in [0, 0.05) is 20.5 Å². The molecule has 0 bridgehead atoms. The van der Waals surface area contributed by atoms with Crippen LogP contribution < -0.4 is 11.5 Å². The van der Waals surface area contributed by atoms with Crippen LogP contribution in [-0.2, 0) is 9.59 Å². The van der Waals surface area contributed by atoms with E-state index >= 15 is 0 Å². The molecule has 100 valence electrons. The molecule has 1 unspecified atom stereocenters. The molecular formula is C9H20N4O4. The normalized spacial score (nSPS) is 10.8. The van der Waals surface area contributed by atoms with E-state index in [-0.39, 0.29) is 5.96 Å². The number of hydrogen-bond acceptors (Lipinski definition) is 4. The number of carboxylic acid groups (broad SMARTS) is 2. The van der Waals surface area contributed by atoms with Crippen LogP contribution in [0.25, 0.3) is 0 Å². The summed E-state index contributed by atoms with van der Waals surface area (Å²) in [5.74, 6) is -1.85. The van der Waals surface area contributed by atoms with Crippen molar-refractivity contribution in [1.82, 2.24) is 4.90 Å². The summed E-state index contributed by atoms with van der Waals surface area (Å²) in [5, 5.41) is 22.9. The van der Waals surface area contributed by atoms with Crippen molar-refractivity contribution in [2.24, 2.45) is 11.5 Å². The first-order valence-corrected chi connectivity index (χ1v) is 4.91. The standard InChI is InChI=1S/C7H16N4O2.C2H4O2/c1-11(7(9)10)4-2-3-5(8)6(12)13;1-2(3)4/h5H,2-4,8H2,1H3,(H3,9,10)(H,12,13);1H3,(H,3,4). The van der Waals surface area contributed by atoms with Crippen molar-refractivity contribution in [3.8, 4) is 0 Å². The maximum absolute atomic E-state index is 10.3. The predicted molar refractivity (Wildman–Crippen MR) is 62.7 cm³/mol. The van der Waals surface area contributed by atoms with E-state index in [0.717, 1.165) is 6.92 Å². The predicted octanol–water partition coefficient (Wildman–Crippen LogP) is -0.905. The first kappa shape index (κ1) is 17.6. The van der Waals surface area contributed by atoms with E-state index in [2.05, 4.69) is 0 Å². The molecule has 0 aromatic heterocycles. The van der Waals surface area contributed by atoms with Crippen molar-refractivity contribution < 1.29 is 19.8 Å². The quantitative estimate of drug-likeness (QED) is 0.312. The second-order valence-corrected chi connectivity index (χ2v) is 3.41. The zero-order chi connectivity index (χ0) is 14.0. The topological polar surface area (TPSA) is 154 Å². The van der Waals surface area contributed by atoms with Gasteiger partial charge in [0.15, 0.2) is 5.96 Å². The molecule has 0 aromatic carbocycles. The number of carbonyl (C=O) groups is 2. The molecule has 8 nitrogen and oxygen atoms in total. The van der Waals surface area contributed by atoms with Gasteiger partial charge in [-0.1, -0.05) is 0 Å². The summed E-state index contributed by atoms with van der Waals surface area (Å²) in [6.07, 6.45) is 1.01. The van der Waals surface area contributed by atoms with E-state index in [1.54, 1.807) is 7.05 Å². The summed E-state index contributed by atoms with van der Waals surface area (Å²) >= 11 is 0. The molecule has 1 atom stereocenters. The van der Waals surface area contributed by atoms with Crippen molar-refractivity contribution in [1.29, 1.82) is 5.41 Å². The molecule has 0 aliphatic heterocycles. The Balaban J connectivity index is 0. The minimum Gasteiger partial charge on any atom is -0.481 e. The fourth-order valence-electron chi connectivity index (χ4n) is 0.792. The Labute approximate surface area is 99.7 Å². The number of rotatable bonds is 5. The second-order valence-electron chi connectivity index (χ2n) is 3.41. The zero-order valence-electron chi connectivity index (χ0n) is 10.0. The number of nitrogens with one attached hydrogen (secondary N) is 1. The smallest absolute Gasteiger partial charge is 0.320 e. The molecule has 0 aromatic rings.